The second-order valence-corrected chi connectivity index (χ2v) is 7.06. The van der Waals surface area contributed by atoms with Crippen molar-refractivity contribution in [3.63, 3.8) is 0 Å². The fraction of sp³-hybridized carbons (Fsp3) is 0.538. The lowest BCUT2D eigenvalue weighted by molar-refractivity contribution is 0.392. The highest BCUT2D eigenvalue weighted by molar-refractivity contribution is 7.89. The molecule has 5 heteroatoms. The van der Waals surface area contributed by atoms with Gasteiger partial charge in [0.25, 0.3) is 0 Å². The predicted molar refractivity (Wildman–Crippen MR) is 72.6 cm³/mol. The van der Waals surface area contributed by atoms with Crippen LogP contribution in [-0.2, 0) is 23.0 Å². The van der Waals surface area contributed by atoms with Gasteiger partial charge in [-0.2, -0.15) is 4.31 Å². The first-order valence-electron chi connectivity index (χ1n) is 6.29. The van der Waals surface area contributed by atoms with E-state index in [9.17, 15) is 8.42 Å². The third-order valence-electron chi connectivity index (χ3n) is 3.49. The Bertz CT molecular complexity index is 538. The van der Waals surface area contributed by atoms with Gasteiger partial charge in [-0.15, -0.1) is 0 Å². The number of nitrogens with zero attached hydrogens (tertiary/aromatic N) is 1. The van der Waals surface area contributed by atoms with Gasteiger partial charge in [-0.05, 0) is 37.0 Å². The predicted octanol–water partition coefficient (Wildman–Crippen LogP) is 1.41. The average molecular weight is 268 g/mol. The summed E-state index contributed by atoms with van der Waals surface area (Å²) in [5.74, 6) is 0.162. The smallest absolute Gasteiger partial charge is 0.214 e. The number of hydrogen-bond acceptors (Lipinski definition) is 3. The van der Waals surface area contributed by atoms with Crippen molar-refractivity contribution in [2.24, 2.45) is 5.73 Å². The molecule has 0 spiro atoms. The number of fused-ring (bicyclic) bond motifs is 1. The summed E-state index contributed by atoms with van der Waals surface area (Å²) in [6, 6.07) is 6.13. The number of benzene rings is 1. The molecule has 0 amide bonds. The summed E-state index contributed by atoms with van der Waals surface area (Å²) in [7, 11) is -3.09. The minimum atomic E-state index is -3.09. The lowest BCUT2D eigenvalue weighted by Crippen LogP contribution is -2.37. The van der Waals surface area contributed by atoms with Gasteiger partial charge in [0.1, 0.15) is 0 Å². The Morgan fingerprint density at radius 3 is 2.72 bits per heavy atom. The first-order valence-corrected chi connectivity index (χ1v) is 7.90. The molecule has 0 fully saturated rings. The highest BCUT2D eigenvalue weighted by Gasteiger charge is 2.25. The second kappa shape index (κ2) is 4.99. The first-order chi connectivity index (χ1) is 8.44. The molecule has 1 heterocycles. The Labute approximate surface area is 109 Å². The molecule has 1 aromatic carbocycles. The summed E-state index contributed by atoms with van der Waals surface area (Å²) in [4.78, 5) is 0. The fourth-order valence-electron chi connectivity index (χ4n) is 2.25. The van der Waals surface area contributed by atoms with Crippen LogP contribution < -0.4 is 5.73 Å². The molecule has 1 aliphatic rings. The van der Waals surface area contributed by atoms with Gasteiger partial charge in [0.2, 0.25) is 10.0 Å². The molecular weight excluding hydrogens is 248 g/mol. The molecule has 0 aliphatic carbocycles. The maximum absolute atomic E-state index is 11.9. The standard InChI is InChI=1S/C13H20N2O2S/c1-3-18(16,17)15-7-6-11-4-5-12(10(2)14)8-13(11)9-15/h4-5,8,10H,3,6-7,9,14H2,1-2H3. The molecule has 2 rings (SSSR count). The lowest BCUT2D eigenvalue weighted by atomic mass is 9.96. The molecule has 1 aliphatic heterocycles. The Balaban J connectivity index is 2.30. The quantitative estimate of drug-likeness (QED) is 0.901. The van der Waals surface area contributed by atoms with E-state index >= 15 is 0 Å². The summed E-state index contributed by atoms with van der Waals surface area (Å²) < 4.78 is 25.3. The van der Waals surface area contributed by atoms with Crippen molar-refractivity contribution >= 4 is 10.0 Å². The van der Waals surface area contributed by atoms with Crippen LogP contribution in [0.5, 0.6) is 0 Å². The van der Waals surface area contributed by atoms with Crippen molar-refractivity contribution in [3.05, 3.63) is 34.9 Å². The maximum Gasteiger partial charge on any atom is 0.214 e. The van der Waals surface area contributed by atoms with Crippen molar-refractivity contribution in [1.82, 2.24) is 4.31 Å². The third-order valence-corrected chi connectivity index (χ3v) is 5.32. The average Bonchev–Trinajstić information content (AvgIpc) is 2.37. The molecule has 100 valence electrons. The van der Waals surface area contributed by atoms with Gasteiger partial charge in [-0.25, -0.2) is 8.42 Å². The minimum Gasteiger partial charge on any atom is -0.324 e. The Kier molecular flexibility index (Phi) is 3.75. The van der Waals surface area contributed by atoms with Crippen LogP contribution in [0.4, 0.5) is 0 Å². The van der Waals surface area contributed by atoms with E-state index in [1.807, 2.05) is 19.1 Å². The third kappa shape index (κ3) is 2.58. The summed E-state index contributed by atoms with van der Waals surface area (Å²) in [5, 5.41) is 0. The van der Waals surface area contributed by atoms with Crippen molar-refractivity contribution in [3.8, 4) is 0 Å². The van der Waals surface area contributed by atoms with Gasteiger partial charge in [-0.1, -0.05) is 18.2 Å². The zero-order valence-electron chi connectivity index (χ0n) is 10.9. The molecule has 2 N–H and O–H groups in total. The number of hydrogen-bond donors (Lipinski definition) is 1. The van der Waals surface area contributed by atoms with Gasteiger partial charge < -0.3 is 5.73 Å². The van der Waals surface area contributed by atoms with Crippen LogP contribution in [0.1, 0.15) is 36.6 Å². The second-order valence-electron chi connectivity index (χ2n) is 4.80. The zero-order valence-corrected chi connectivity index (χ0v) is 11.7. The Morgan fingerprint density at radius 1 is 1.39 bits per heavy atom. The van der Waals surface area contributed by atoms with E-state index in [1.54, 1.807) is 11.2 Å². The molecule has 0 bridgehead atoms. The number of sulfonamides is 1. The van der Waals surface area contributed by atoms with E-state index in [2.05, 4.69) is 6.07 Å². The first kappa shape index (κ1) is 13.5. The van der Waals surface area contributed by atoms with Crippen LogP contribution in [0.25, 0.3) is 0 Å². The van der Waals surface area contributed by atoms with E-state index in [0.717, 1.165) is 17.5 Å². The van der Waals surface area contributed by atoms with Crippen LogP contribution in [0.2, 0.25) is 0 Å². The van der Waals surface area contributed by atoms with Gasteiger partial charge in [0, 0.05) is 19.1 Å². The fourth-order valence-corrected chi connectivity index (χ4v) is 3.32. The van der Waals surface area contributed by atoms with Gasteiger partial charge in [0.05, 0.1) is 5.75 Å². The normalized spacial score (nSPS) is 18.4. The molecule has 1 atom stereocenters. The molecule has 18 heavy (non-hydrogen) atoms. The molecule has 0 aromatic heterocycles. The van der Waals surface area contributed by atoms with Crippen LogP contribution in [0.15, 0.2) is 18.2 Å². The van der Waals surface area contributed by atoms with E-state index in [-0.39, 0.29) is 11.8 Å². The van der Waals surface area contributed by atoms with Crippen molar-refractivity contribution in [2.45, 2.75) is 32.9 Å². The molecule has 0 saturated heterocycles. The van der Waals surface area contributed by atoms with Crippen LogP contribution in [0.3, 0.4) is 0 Å². The Morgan fingerprint density at radius 2 is 2.11 bits per heavy atom. The molecule has 0 saturated carbocycles. The van der Waals surface area contributed by atoms with E-state index in [1.165, 1.54) is 5.56 Å². The molecule has 0 radical (unpaired) electrons. The van der Waals surface area contributed by atoms with Crippen LogP contribution in [0, 0.1) is 0 Å². The van der Waals surface area contributed by atoms with E-state index < -0.39 is 10.0 Å². The van der Waals surface area contributed by atoms with Crippen molar-refractivity contribution < 1.29 is 8.42 Å². The maximum atomic E-state index is 11.9. The highest BCUT2D eigenvalue weighted by Crippen LogP contribution is 2.24. The topological polar surface area (TPSA) is 63.4 Å². The SMILES string of the molecule is CCS(=O)(=O)N1CCc2ccc(C(C)N)cc2C1. The van der Waals surface area contributed by atoms with Gasteiger partial charge in [0.15, 0.2) is 0 Å². The van der Waals surface area contributed by atoms with Gasteiger partial charge >= 0.3 is 0 Å². The lowest BCUT2D eigenvalue weighted by Gasteiger charge is -2.28. The molecule has 1 unspecified atom stereocenters. The monoisotopic (exact) mass is 268 g/mol. The zero-order chi connectivity index (χ0) is 13.3. The largest absolute Gasteiger partial charge is 0.324 e. The van der Waals surface area contributed by atoms with E-state index in [4.69, 9.17) is 5.73 Å². The van der Waals surface area contributed by atoms with Crippen LogP contribution in [-0.4, -0.2) is 25.0 Å². The molecule has 1 aromatic rings. The van der Waals surface area contributed by atoms with Crippen molar-refractivity contribution in [1.29, 1.82) is 0 Å². The summed E-state index contributed by atoms with van der Waals surface area (Å²) in [6.45, 7) is 4.68. The summed E-state index contributed by atoms with van der Waals surface area (Å²) in [5.41, 5.74) is 9.25. The van der Waals surface area contributed by atoms with Gasteiger partial charge in [-0.3, -0.25) is 0 Å². The summed E-state index contributed by atoms with van der Waals surface area (Å²) >= 11 is 0. The molecular formula is C13H20N2O2S. The number of rotatable bonds is 3. The van der Waals surface area contributed by atoms with Crippen molar-refractivity contribution in [2.75, 3.05) is 12.3 Å². The van der Waals surface area contributed by atoms with Crippen LogP contribution >= 0.6 is 0 Å². The highest BCUT2D eigenvalue weighted by atomic mass is 32.2. The minimum absolute atomic E-state index is 0.0199. The Hall–Kier alpha value is -0.910. The molecule has 4 nitrogen and oxygen atoms in total. The van der Waals surface area contributed by atoms with E-state index in [0.29, 0.717) is 13.1 Å². The number of nitrogens with two attached hydrogens (primary N) is 1. The summed E-state index contributed by atoms with van der Waals surface area (Å²) in [6.07, 6.45) is 0.786.